The average molecular weight is 678 g/mol. The van der Waals surface area contributed by atoms with Crippen molar-refractivity contribution in [3.05, 3.63) is 125 Å². The van der Waals surface area contributed by atoms with Crippen molar-refractivity contribution in [2.24, 2.45) is 0 Å². The second-order valence-corrected chi connectivity index (χ2v) is 13.8. The number of ether oxygens (including phenoxy) is 1. The molecule has 5 rings (SSSR count). The van der Waals surface area contributed by atoms with Gasteiger partial charge in [0.05, 0.1) is 17.7 Å². The highest BCUT2D eigenvalue weighted by molar-refractivity contribution is 7.92. The first-order valence-corrected chi connectivity index (χ1v) is 17.3. The SMILES string of the molecule is COc1ccc(S(=O)(=O)N(CC(=O)N(Cc2cccc(Cl)c2)C(Cc2ccccc2)C(=O)NC2CCCC2)c2ccc(F)cc2)cc1. The Bertz CT molecular complexity index is 1770. The van der Waals surface area contributed by atoms with Crippen molar-refractivity contribution in [3.63, 3.8) is 0 Å². The molecule has 2 amide bonds. The van der Waals surface area contributed by atoms with Crippen LogP contribution in [0.3, 0.4) is 0 Å². The number of halogens is 2. The monoisotopic (exact) mass is 677 g/mol. The Labute approximate surface area is 280 Å². The number of sulfonamides is 1. The van der Waals surface area contributed by atoms with Crippen LogP contribution in [-0.4, -0.2) is 50.9 Å². The first-order chi connectivity index (χ1) is 22.6. The average Bonchev–Trinajstić information content (AvgIpc) is 3.59. The number of nitrogens with one attached hydrogen (secondary N) is 1. The predicted octanol–water partition coefficient (Wildman–Crippen LogP) is 6.38. The van der Waals surface area contributed by atoms with Crippen molar-refractivity contribution in [2.75, 3.05) is 18.0 Å². The maximum Gasteiger partial charge on any atom is 0.264 e. The van der Waals surface area contributed by atoms with Crippen LogP contribution in [-0.2, 0) is 32.6 Å². The summed E-state index contributed by atoms with van der Waals surface area (Å²) in [4.78, 5) is 29.9. The molecule has 0 aliphatic heterocycles. The van der Waals surface area contributed by atoms with Gasteiger partial charge < -0.3 is 15.0 Å². The number of anilines is 1. The zero-order valence-electron chi connectivity index (χ0n) is 26.0. The summed E-state index contributed by atoms with van der Waals surface area (Å²) >= 11 is 6.31. The first-order valence-electron chi connectivity index (χ1n) is 15.4. The zero-order valence-corrected chi connectivity index (χ0v) is 27.6. The topological polar surface area (TPSA) is 96.0 Å². The Morgan fingerprint density at radius 3 is 2.21 bits per heavy atom. The summed E-state index contributed by atoms with van der Waals surface area (Å²) in [5.74, 6) is -1.04. The Morgan fingerprint density at radius 2 is 1.57 bits per heavy atom. The molecule has 4 aromatic rings. The van der Waals surface area contributed by atoms with Crippen LogP contribution in [0.25, 0.3) is 0 Å². The number of benzene rings is 4. The molecule has 0 spiro atoms. The van der Waals surface area contributed by atoms with Gasteiger partial charge in [-0.05, 0) is 84.6 Å². The molecule has 1 saturated carbocycles. The molecule has 246 valence electrons. The minimum atomic E-state index is -4.34. The van der Waals surface area contributed by atoms with Crippen molar-refractivity contribution in [3.8, 4) is 5.75 Å². The van der Waals surface area contributed by atoms with E-state index in [-0.39, 0.29) is 35.5 Å². The van der Waals surface area contributed by atoms with Gasteiger partial charge in [-0.3, -0.25) is 13.9 Å². The summed E-state index contributed by atoms with van der Waals surface area (Å²) < 4.78 is 48.4. The van der Waals surface area contributed by atoms with E-state index in [0.717, 1.165) is 47.7 Å². The highest BCUT2D eigenvalue weighted by Crippen LogP contribution is 2.27. The molecule has 8 nitrogen and oxygen atoms in total. The number of nitrogens with zero attached hydrogens (tertiary/aromatic N) is 2. The molecule has 0 radical (unpaired) electrons. The number of methoxy groups -OCH3 is 1. The minimum Gasteiger partial charge on any atom is -0.497 e. The standard InChI is InChI=1S/C36H37ClFN3O5S/c1-46-32-18-20-33(21-19-32)47(44,45)41(31-16-14-29(38)15-17-31)25-35(42)40(24-27-10-7-11-28(37)22-27)34(23-26-8-3-2-4-9-26)36(43)39-30-12-5-6-13-30/h2-4,7-11,14-22,30,34H,5-6,12-13,23-25H2,1H3,(H,39,43). The largest absolute Gasteiger partial charge is 0.497 e. The molecule has 1 aliphatic carbocycles. The lowest BCUT2D eigenvalue weighted by Gasteiger charge is -2.34. The molecule has 1 aliphatic rings. The number of carbonyl (C=O) groups is 2. The third-order valence-electron chi connectivity index (χ3n) is 8.26. The van der Waals surface area contributed by atoms with Gasteiger partial charge in [-0.2, -0.15) is 0 Å². The third kappa shape index (κ3) is 8.69. The van der Waals surface area contributed by atoms with Crippen LogP contribution in [0.4, 0.5) is 10.1 Å². The van der Waals surface area contributed by atoms with Gasteiger partial charge in [0.2, 0.25) is 11.8 Å². The number of rotatable bonds is 13. The summed E-state index contributed by atoms with van der Waals surface area (Å²) in [5.41, 5.74) is 1.60. The first kappa shape index (κ1) is 33.9. The highest BCUT2D eigenvalue weighted by Gasteiger charge is 2.35. The fourth-order valence-corrected chi connectivity index (χ4v) is 7.39. The summed E-state index contributed by atoms with van der Waals surface area (Å²) in [6.07, 6.45) is 3.92. The van der Waals surface area contributed by atoms with E-state index in [4.69, 9.17) is 16.3 Å². The zero-order chi connectivity index (χ0) is 33.4. The Balaban J connectivity index is 1.56. The number of amides is 2. The normalized spacial score (nSPS) is 13.9. The Kier molecular flexibility index (Phi) is 11.2. The fraction of sp³-hybridized carbons (Fsp3) is 0.278. The van der Waals surface area contributed by atoms with E-state index in [9.17, 15) is 22.4 Å². The maximum atomic E-state index is 14.5. The van der Waals surface area contributed by atoms with Crippen LogP contribution in [0.1, 0.15) is 36.8 Å². The molecule has 47 heavy (non-hydrogen) atoms. The number of hydrogen-bond acceptors (Lipinski definition) is 5. The molecular formula is C36H37ClFN3O5S. The lowest BCUT2D eigenvalue weighted by molar-refractivity contribution is -0.140. The number of carbonyl (C=O) groups excluding carboxylic acids is 2. The van der Waals surface area contributed by atoms with E-state index < -0.39 is 34.3 Å². The van der Waals surface area contributed by atoms with Crippen molar-refractivity contribution >= 4 is 39.1 Å². The summed E-state index contributed by atoms with van der Waals surface area (Å²) in [7, 11) is -2.87. The Morgan fingerprint density at radius 1 is 0.915 bits per heavy atom. The lowest BCUT2D eigenvalue weighted by atomic mass is 10.0. The molecule has 0 bridgehead atoms. The summed E-state index contributed by atoms with van der Waals surface area (Å²) in [6.45, 7) is -0.655. The fourth-order valence-electron chi connectivity index (χ4n) is 5.76. The van der Waals surface area contributed by atoms with Gasteiger partial charge in [0.15, 0.2) is 0 Å². The molecule has 0 heterocycles. The molecule has 1 unspecified atom stereocenters. The van der Waals surface area contributed by atoms with Gasteiger partial charge in [0.25, 0.3) is 10.0 Å². The van der Waals surface area contributed by atoms with Gasteiger partial charge in [-0.25, -0.2) is 12.8 Å². The van der Waals surface area contributed by atoms with Gasteiger partial charge in [0.1, 0.15) is 24.2 Å². The van der Waals surface area contributed by atoms with Crippen LogP contribution in [0.5, 0.6) is 5.75 Å². The van der Waals surface area contributed by atoms with Gasteiger partial charge in [0, 0.05) is 24.0 Å². The number of hydrogen-bond donors (Lipinski definition) is 1. The minimum absolute atomic E-state index is 0.00458. The smallest absolute Gasteiger partial charge is 0.264 e. The van der Waals surface area contributed by atoms with E-state index in [2.05, 4.69) is 5.32 Å². The third-order valence-corrected chi connectivity index (χ3v) is 10.3. The van der Waals surface area contributed by atoms with Crippen molar-refractivity contribution < 1.29 is 27.1 Å². The summed E-state index contributed by atoms with van der Waals surface area (Å²) in [5, 5.41) is 3.60. The van der Waals surface area contributed by atoms with Crippen LogP contribution in [0, 0.1) is 5.82 Å². The van der Waals surface area contributed by atoms with E-state index >= 15 is 0 Å². The van der Waals surface area contributed by atoms with Crippen molar-refractivity contribution in [1.29, 1.82) is 0 Å². The van der Waals surface area contributed by atoms with E-state index in [0.29, 0.717) is 16.3 Å². The molecule has 11 heteroatoms. The van der Waals surface area contributed by atoms with E-state index in [1.54, 1.807) is 24.3 Å². The van der Waals surface area contributed by atoms with Crippen LogP contribution >= 0.6 is 11.6 Å². The lowest BCUT2D eigenvalue weighted by Crippen LogP contribution is -2.54. The molecule has 1 fully saturated rings. The van der Waals surface area contributed by atoms with Gasteiger partial charge >= 0.3 is 0 Å². The van der Waals surface area contributed by atoms with E-state index in [1.807, 2.05) is 30.3 Å². The van der Waals surface area contributed by atoms with Crippen LogP contribution in [0.2, 0.25) is 5.02 Å². The maximum absolute atomic E-state index is 14.5. The molecule has 4 aromatic carbocycles. The van der Waals surface area contributed by atoms with E-state index in [1.165, 1.54) is 48.4 Å². The second-order valence-electron chi connectivity index (χ2n) is 11.5. The Hall–Kier alpha value is -4.41. The molecule has 0 aromatic heterocycles. The van der Waals surface area contributed by atoms with Gasteiger partial charge in [-0.15, -0.1) is 0 Å². The predicted molar refractivity (Wildman–Crippen MR) is 180 cm³/mol. The van der Waals surface area contributed by atoms with Gasteiger partial charge in [-0.1, -0.05) is 66.9 Å². The van der Waals surface area contributed by atoms with Crippen LogP contribution < -0.4 is 14.4 Å². The molecule has 1 N–H and O–H groups in total. The molecular weight excluding hydrogens is 641 g/mol. The van der Waals surface area contributed by atoms with Crippen LogP contribution in [0.15, 0.2) is 108 Å². The summed E-state index contributed by atoms with van der Waals surface area (Å²) in [6, 6.07) is 26.0. The second kappa shape index (κ2) is 15.5. The van der Waals surface area contributed by atoms with Crippen molar-refractivity contribution in [2.45, 2.75) is 55.6 Å². The van der Waals surface area contributed by atoms with Crippen molar-refractivity contribution in [1.82, 2.24) is 10.2 Å². The molecule has 1 atom stereocenters. The molecule has 0 saturated heterocycles. The quantitative estimate of drug-likeness (QED) is 0.177. The highest BCUT2D eigenvalue weighted by atomic mass is 35.5.